The molecule has 1 heterocycles. The normalized spacial score (nSPS) is 20.1. The Morgan fingerprint density at radius 1 is 1.40 bits per heavy atom. The molecule has 0 aromatic heterocycles. The molecular formula is C8H18N2. The highest BCUT2D eigenvalue weighted by Crippen LogP contribution is 1.99. The summed E-state index contributed by atoms with van der Waals surface area (Å²) in [6.45, 7) is 7.10. The van der Waals surface area contributed by atoms with E-state index in [2.05, 4.69) is 17.1 Å². The first-order chi connectivity index (χ1) is 4.93. The fourth-order valence-corrected chi connectivity index (χ4v) is 1.33. The van der Waals surface area contributed by atoms with Gasteiger partial charge in [0.2, 0.25) is 0 Å². The zero-order chi connectivity index (χ0) is 7.23. The molecule has 2 heteroatoms. The highest BCUT2D eigenvalue weighted by Gasteiger charge is 2.08. The summed E-state index contributed by atoms with van der Waals surface area (Å²) in [7, 11) is 0. The second-order valence-corrected chi connectivity index (χ2v) is 2.98. The van der Waals surface area contributed by atoms with Crippen molar-refractivity contribution >= 4 is 0 Å². The molecule has 0 saturated carbocycles. The molecule has 0 atom stereocenters. The Bertz CT molecular complexity index is 77.3. The summed E-state index contributed by atoms with van der Waals surface area (Å²) in [6, 6.07) is 0. The van der Waals surface area contributed by atoms with E-state index in [9.17, 15) is 0 Å². The van der Waals surface area contributed by atoms with Gasteiger partial charge in [-0.3, -0.25) is 4.90 Å². The van der Waals surface area contributed by atoms with Crippen molar-refractivity contribution in [1.29, 1.82) is 0 Å². The Balaban J connectivity index is 1.91. The Labute approximate surface area is 63.6 Å². The van der Waals surface area contributed by atoms with Crippen LogP contribution in [0.15, 0.2) is 0 Å². The van der Waals surface area contributed by atoms with Gasteiger partial charge in [0.25, 0.3) is 0 Å². The summed E-state index contributed by atoms with van der Waals surface area (Å²) >= 11 is 0. The molecule has 1 rings (SSSR count). The van der Waals surface area contributed by atoms with Gasteiger partial charge in [-0.1, -0.05) is 19.8 Å². The van der Waals surface area contributed by atoms with Crippen LogP contribution in [-0.2, 0) is 0 Å². The molecule has 0 aromatic carbocycles. The number of hydrogen-bond donors (Lipinski definition) is 1. The van der Waals surface area contributed by atoms with Gasteiger partial charge in [0.05, 0.1) is 0 Å². The lowest BCUT2D eigenvalue weighted by molar-refractivity contribution is 0.326. The van der Waals surface area contributed by atoms with Crippen LogP contribution in [-0.4, -0.2) is 31.2 Å². The van der Waals surface area contributed by atoms with Crippen molar-refractivity contribution in [3.8, 4) is 0 Å². The van der Waals surface area contributed by atoms with Crippen molar-refractivity contribution in [2.75, 3.05) is 26.3 Å². The topological polar surface area (TPSA) is 15.3 Å². The van der Waals surface area contributed by atoms with Crippen LogP contribution in [0.4, 0.5) is 0 Å². The molecule has 0 spiro atoms. The van der Waals surface area contributed by atoms with E-state index >= 15 is 0 Å². The van der Waals surface area contributed by atoms with Gasteiger partial charge in [-0.25, -0.2) is 0 Å². The van der Waals surface area contributed by atoms with Crippen LogP contribution >= 0.6 is 0 Å². The molecule has 1 saturated heterocycles. The van der Waals surface area contributed by atoms with Crippen molar-refractivity contribution in [2.24, 2.45) is 0 Å². The summed E-state index contributed by atoms with van der Waals surface area (Å²) in [6.07, 6.45) is 4.09. The minimum Gasteiger partial charge on any atom is -0.303 e. The number of rotatable bonds is 4. The lowest BCUT2D eigenvalue weighted by atomic mass is 10.2. The lowest BCUT2D eigenvalue weighted by Gasteiger charge is -2.12. The minimum absolute atomic E-state index is 1.11. The van der Waals surface area contributed by atoms with E-state index in [4.69, 9.17) is 0 Å². The zero-order valence-electron chi connectivity index (χ0n) is 6.90. The monoisotopic (exact) mass is 142 g/mol. The van der Waals surface area contributed by atoms with Crippen molar-refractivity contribution in [2.45, 2.75) is 26.2 Å². The average molecular weight is 142 g/mol. The van der Waals surface area contributed by atoms with E-state index in [0.717, 1.165) is 6.67 Å². The number of unbranched alkanes of at least 4 members (excludes halogenated alkanes) is 2. The van der Waals surface area contributed by atoms with Crippen molar-refractivity contribution in [3.05, 3.63) is 0 Å². The van der Waals surface area contributed by atoms with Crippen LogP contribution in [0.25, 0.3) is 0 Å². The van der Waals surface area contributed by atoms with Crippen LogP contribution in [0, 0.1) is 0 Å². The van der Waals surface area contributed by atoms with Gasteiger partial charge in [0.15, 0.2) is 0 Å². The Morgan fingerprint density at radius 3 is 2.90 bits per heavy atom. The SMILES string of the molecule is CCCCCN1CCNC1. The molecule has 1 N–H and O–H groups in total. The van der Waals surface area contributed by atoms with Crippen molar-refractivity contribution in [3.63, 3.8) is 0 Å². The smallest absolute Gasteiger partial charge is 0.0481 e. The maximum atomic E-state index is 3.33. The quantitative estimate of drug-likeness (QED) is 0.590. The van der Waals surface area contributed by atoms with Crippen LogP contribution in [0.5, 0.6) is 0 Å². The molecule has 10 heavy (non-hydrogen) atoms. The second kappa shape index (κ2) is 4.69. The van der Waals surface area contributed by atoms with Gasteiger partial charge in [0, 0.05) is 19.8 Å². The molecule has 1 fully saturated rings. The fourth-order valence-electron chi connectivity index (χ4n) is 1.33. The third-order valence-corrected chi connectivity index (χ3v) is 2.02. The largest absolute Gasteiger partial charge is 0.303 e. The number of nitrogens with one attached hydrogen (secondary N) is 1. The van der Waals surface area contributed by atoms with Crippen LogP contribution in [0.2, 0.25) is 0 Å². The van der Waals surface area contributed by atoms with Crippen LogP contribution in [0.3, 0.4) is 0 Å². The molecule has 0 aromatic rings. The predicted octanol–water partition coefficient (Wildman–Crippen LogP) is 1.04. The molecule has 0 amide bonds. The van der Waals surface area contributed by atoms with Gasteiger partial charge < -0.3 is 5.32 Å². The van der Waals surface area contributed by atoms with E-state index in [0.29, 0.717) is 0 Å². The maximum Gasteiger partial charge on any atom is 0.0481 e. The first kappa shape index (κ1) is 8.02. The highest BCUT2D eigenvalue weighted by atomic mass is 15.3. The van der Waals surface area contributed by atoms with E-state index in [-0.39, 0.29) is 0 Å². The van der Waals surface area contributed by atoms with E-state index in [1.807, 2.05) is 0 Å². The van der Waals surface area contributed by atoms with Gasteiger partial charge in [0.1, 0.15) is 0 Å². The second-order valence-electron chi connectivity index (χ2n) is 2.98. The van der Waals surface area contributed by atoms with E-state index < -0.39 is 0 Å². The Kier molecular flexibility index (Phi) is 3.76. The predicted molar refractivity (Wildman–Crippen MR) is 44.0 cm³/mol. The summed E-state index contributed by atoms with van der Waals surface area (Å²) in [5.74, 6) is 0. The Morgan fingerprint density at radius 2 is 2.30 bits per heavy atom. The maximum absolute atomic E-state index is 3.33. The average Bonchev–Trinajstić information content (AvgIpc) is 2.41. The first-order valence-corrected chi connectivity index (χ1v) is 4.36. The summed E-state index contributed by atoms with van der Waals surface area (Å²) in [5.41, 5.74) is 0. The minimum atomic E-state index is 1.11. The molecule has 0 radical (unpaired) electrons. The molecule has 0 bridgehead atoms. The molecule has 1 aliphatic rings. The summed E-state index contributed by atoms with van der Waals surface area (Å²) in [4.78, 5) is 2.48. The standard InChI is InChI=1S/C8H18N2/c1-2-3-4-6-10-7-5-9-8-10/h9H,2-8H2,1H3. The van der Waals surface area contributed by atoms with Gasteiger partial charge >= 0.3 is 0 Å². The summed E-state index contributed by atoms with van der Waals surface area (Å²) < 4.78 is 0. The lowest BCUT2D eigenvalue weighted by Crippen LogP contribution is -2.22. The number of hydrogen-bond acceptors (Lipinski definition) is 2. The van der Waals surface area contributed by atoms with E-state index in [1.165, 1.54) is 38.9 Å². The molecular weight excluding hydrogens is 124 g/mol. The Hall–Kier alpha value is -0.0800. The van der Waals surface area contributed by atoms with Crippen molar-refractivity contribution in [1.82, 2.24) is 10.2 Å². The first-order valence-electron chi connectivity index (χ1n) is 4.36. The van der Waals surface area contributed by atoms with E-state index in [1.54, 1.807) is 0 Å². The molecule has 0 unspecified atom stereocenters. The van der Waals surface area contributed by atoms with Gasteiger partial charge in [-0.2, -0.15) is 0 Å². The highest BCUT2D eigenvalue weighted by molar-refractivity contribution is 4.64. The summed E-state index contributed by atoms with van der Waals surface area (Å²) in [5, 5.41) is 3.33. The third-order valence-electron chi connectivity index (χ3n) is 2.02. The van der Waals surface area contributed by atoms with Crippen molar-refractivity contribution < 1.29 is 0 Å². The molecule has 60 valence electrons. The van der Waals surface area contributed by atoms with Crippen LogP contribution in [0.1, 0.15) is 26.2 Å². The van der Waals surface area contributed by atoms with Gasteiger partial charge in [-0.05, 0) is 13.0 Å². The zero-order valence-corrected chi connectivity index (χ0v) is 6.90. The molecule has 0 aliphatic carbocycles. The number of nitrogens with zero attached hydrogens (tertiary/aromatic N) is 1. The molecule has 1 aliphatic heterocycles. The third kappa shape index (κ3) is 2.67. The fraction of sp³-hybridized carbons (Fsp3) is 1.00. The molecule has 2 nitrogen and oxygen atoms in total. The van der Waals surface area contributed by atoms with Crippen LogP contribution < -0.4 is 5.32 Å². The van der Waals surface area contributed by atoms with Gasteiger partial charge in [-0.15, -0.1) is 0 Å².